The fourth-order valence-corrected chi connectivity index (χ4v) is 4.56. The average molecular weight is 469 g/mol. The van der Waals surface area contributed by atoms with Crippen molar-refractivity contribution in [3.63, 3.8) is 0 Å². The molecule has 0 bridgehead atoms. The number of rotatable bonds is 8. The average Bonchev–Trinajstić information content (AvgIpc) is 2.61. The molecule has 0 aliphatic carbocycles. The van der Waals surface area contributed by atoms with Crippen molar-refractivity contribution in [3.8, 4) is 5.75 Å². The van der Waals surface area contributed by atoms with Gasteiger partial charge in [0.05, 0.1) is 4.90 Å². The molecule has 0 aliphatic rings. The van der Waals surface area contributed by atoms with Crippen molar-refractivity contribution in [2.45, 2.75) is 45.1 Å². The number of ether oxygens (including phenoxy) is 1. The summed E-state index contributed by atoms with van der Waals surface area (Å²) in [4.78, 5) is 12.4. The number of halogens is 1. The Hall–Kier alpha value is -1.90. The minimum atomic E-state index is -3.55. The predicted molar refractivity (Wildman–Crippen MR) is 114 cm³/mol. The summed E-state index contributed by atoms with van der Waals surface area (Å²) in [6, 6.07) is 9.70. The van der Waals surface area contributed by atoms with Gasteiger partial charge in [-0.2, -0.15) is 0 Å². The van der Waals surface area contributed by atoms with Gasteiger partial charge in [-0.05, 0) is 74.7 Å². The van der Waals surface area contributed by atoms with E-state index in [1.807, 2.05) is 26.0 Å². The topological polar surface area (TPSA) is 84.5 Å². The van der Waals surface area contributed by atoms with E-state index in [9.17, 15) is 13.2 Å². The van der Waals surface area contributed by atoms with Crippen LogP contribution < -0.4 is 14.8 Å². The number of amides is 1. The number of carbonyl (C=O) groups excluding carboxylic acids is 1. The van der Waals surface area contributed by atoms with Crippen molar-refractivity contribution in [3.05, 3.63) is 52.0 Å². The van der Waals surface area contributed by atoms with Crippen LogP contribution in [0.3, 0.4) is 0 Å². The number of sulfonamides is 1. The van der Waals surface area contributed by atoms with Crippen molar-refractivity contribution < 1.29 is 17.9 Å². The van der Waals surface area contributed by atoms with Crippen molar-refractivity contribution in [2.75, 3.05) is 11.9 Å². The highest BCUT2D eigenvalue weighted by molar-refractivity contribution is 9.10. The third-order valence-electron chi connectivity index (χ3n) is 3.92. The molecule has 0 atom stereocenters. The summed E-state index contributed by atoms with van der Waals surface area (Å²) in [5, 5.41) is 2.89. The standard InChI is InChI=1S/C20H25BrN2O4S/c1-5-15-11-16(21)10-14(4)20(15)22-19(24)12-27-17-6-8-18(9-7-17)28(25,26)23-13(2)3/h6-11,13,23H,5,12H2,1-4H3,(H,22,24). The van der Waals surface area contributed by atoms with Gasteiger partial charge in [-0.25, -0.2) is 13.1 Å². The van der Waals surface area contributed by atoms with E-state index in [4.69, 9.17) is 4.74 Å². The molecule has 28 heavy (non-hydrogen) atoms. The molecule has 0 heterocycles. The molecule has 0 fully saturated rings. The number of anilines is 1. The maximum atomic E-state index is 12.3. The maximum absolute atomic E-state index is 12.3. The van der Waals surface area contributed by atoms with Crippen LogP contribution in [-0.2, 0) is 21.2 Å². The Morgan fingerprint density at radius 2 is 1.82 bits per heavy atom. The van der Waals surface area contributed by atoms with Gasteiger partial charge in [0.1, 0.15) is 5.75 Å². The van der Waals surface area contributed by atoms with Crippen LogP contribution in [-0.4, -0.2) is 27.0 Å². The summed E-state index contributed by atoms with van der Waals surface area (Å²) in [6.45, 7) is 7.30. The van der Waals surface area contributed by atoms with Crippen molar-refractivity contribution in [1.82, 2.24) is 4.72 Å². The van der Waals surface area contributed by atoms with E-state index >= 15 is 0 Å². The second-order valence-electron chi connectivity index (χ2n) is 6.69. The molecule has 6 nitrogen and oxygen atoms in total. The van der Waals surface area contributed by atoms with Gasteiger partial charge < -0.3 is 10.1 Å². The fraction of sp³-hybridized carbons (Fsp3) is 0.350. The van der Waals surface area contributed by atoms with Crippen LogP contribution in [0.4, 0.5) is 5.69 Å². The first-order valence-corrected chi connectivity index (χ1v) is 11.2. The van der Waals surface area contributed by atoms with Crippen molar-refractivity contribution >= 4 is 37.5 Å². The lowest BCUT2D eigenvalue weighted by Crippen LogP contribution is -2.30. The Kier molecular flexibility index (Phi) is 7.63. The van der Waals surface area contributed by atoms with E-state index < -0.39 is 10.0 Å². The SMILES string of the molecule is CCc1cc(Br)cc(C)c1NC(=O)COc1ccc(S(=O)(=O)NC(C)C)cc1. The van der Waals surface area contributed by atoms with E-state index in [0.29, 0.717) is 5.75 Å². The molecule has 2 aromatic carbocycles. The first kappa shape index (κ1) is 22.4. The van der Waals surface area contributed by atoms with Crippen LogP contribution in [0.1, 0.15) is 31.9 Å². The fourth-order valence-electron chi connectivity index (χ4n) is 2.69. The quantitative estimate of drug-likeness (QED) is 0.612. The molecule has 2 N–H and O–H groups in total. The van der Waals surface area contributed by atoms with Crippen LogP contribution in [0, 0.1) is 6.92 Å². The molecule has 0 saturated carbocycles. The number of benzene rings is 2. The second-order valence-corrected chi connectivity index (χ2v) is 9.32. The van der Waals surface area contributed by atoms with Gasteiger partial charge in [-0.15, -0.1) is 0 Å². The summed E-state index contributed by atoms with van der Waals surface area (Å²) in [5.41, 5.74) is 2.79. The van der Waals surface area contributed by atoms with Crippen LogP contribution in [0.2, 0.25) is 0 Å². The molecule has 1 amide bonds. The van der Waals surface area contributed by atoms with Crippen LogP contribution in [0.5, 0.6) is 5.75 Å². The van der Waals surface area contributed by atoms with E-state index in [1.165, 1.54) is 24.3 Å². The number of nitrogens with one attached hydrogen (secondary N) is 2. The molecule has 0 radical (unpaired) electrons. The zero-order valence-corrected chi connectivity index (χ0v) is 18.8. The number of aryl methyl sites for hydroxylation is 2. The summed E-state index contributed by atoms with van der Waals surface area (Å²) >= 11 is 3.46. The third-order valence-corrected chi connectivity index (χ3v) is 6.05. The Bertz CT molecular complexity index is 941. The Morgan fingerprint density at radius 3 is 2.39 bits per heavy atom. The lowest BCUT2D eigenvalue weighted by Gasteiger charge is -2.14. The molecular weight excluding hydrogens is 444 g/mol. The summed E-state index contributed by atoms with van der Waals surface area (Å²) in [5.74, 6) is 0.139. The molecule has 0 aliphatic heterocycles. The molecule has 0 unspecified atom stereocenters. The summed E-state index contributed by atoms with van der Waals surface area (Å²) < 4.78 is 33.2. The Labute approximate surface area is 174 Å². The lowest BCUT2D eigenvalue weighted by molar-refractivity contribution is -0.118. The molecule has 0 spiro atoms. The summed E-state index contributed by atoms with van der Waals surface area (Å²) in [6.07, 6.45) is 0.789. The van der Waals surface area contributed by atoms with Gasteiger partial charge in [0.15, 0.2) is 6.61 Å². The van der Waals surface area contributed by atoms with E-state index in [-0.39, 0.29) is 23.5 Å². The molecule has 2 aromatic rings. The number of hydrogen-bond donors (Lipinski definition) is 2. The van der Waals surface area contributed by atoms with Crippen LogP contribution in [0.15, 0.2) is 45.8 Å². The first-order chi connectivity index (χ1) is 13.1. The van der Waals surface area contributed by atoms with Crippen molar-refractivity contribution in [2.24, 2.45) is 0 Å². The lowest BCUT2D eigenvalue weighted by atomic mass is 10.1. The van der Waals surface area contributed by atoms with Gasteiger partial charge in [-0.3, -0.25) is 4.79 Å². The van der Waals surface area contributed by atoms with Gasteiger partial charge in [-0.1, -0.05) is 22.9 Å². The first-order valence-electron chi connectivity index (χ1n) is 8.96. The van der Waals surface area contributed by atoms with E-state index in [1.54, 1.807) is 13.8 Å². The zero-order valence-electron chi connectivity index (χ0n) is 16.4. The van der Waals surface area contributed by atoms with E-state index in [0.717, 1.165) is 27.7 Å². The smallest absolute Gasteiger partial charge is 0.262 e. The monoisotopic (exact) mass is 468 g/mol. The van der Waals surface area contributed by atoms with Gasteiger partial charge >= 0.3 is 0 Å². The molecule has 0 aromatic heterocycles. The number of carbonyl (C=O) groups is 1. The molecule has 8 heteroatoms. The third kappa shape index (κ3) is 6.05. The Morgan fingerprint density at radius 1 is 1.18 bits per heavy atom. The van der Waals surface area contributed by atoms with Gasteiger partial charge in [0.25, 0.3) is 5.91 Å². The molecule has 152 valence electrons. The normalized spacial score (nSPS) is 11.5. The molecule has 2 rings (SSSR count). The molecule has 0 saturated heterocycles. The largest absolute Gasteiger partial charge is 0.484 e. The van der Waals surface area contributed by atoms with Crippen LogP contribution >= 0.6 is 15.9 Å². The van der Waals surface area contributed by atoms with Crippen molar-refractivity contribution in [1.29, 1.82) is 0 Å². The minimum absolute atomic E-state index is 0.149. The second kappa shape index (κ2) is 9.54. The Balaban J connectivity index is 2.00. The minimum Gasteiger partial charge on any atom is -0.484 e. The highest BCUT2D eigenvalue weighted by atomic mass is 79.9. The predicted octanol–water partition coefficient (Wildman–Crippen LogP) is 4.02. The molecular formula is C20H25BrN2O4S. The van der Waals surface area contributed by atoms with Crippen LogP contribution in [0.25, 0.3) is 0 Å². The number of hydrogen-bond acceptors (Lipinski definition) is 4. The zero-order chi connectivity index (χ0) is 20.9. The highest BCUT2D eigenvalue weighted by Crippen LogP contribution is 2.26. The maximum Gasteiger partial charge on any atom is 0.262 e. The van der Waals surface area contributed by atoms with Gasteiger partial charge in [0, 0.05) is 16.2 Å². The van der Waals surface area contributed by atoms with E-state index in [2.05, 4.69) is 26.0 Å². The van der Waals surface area contributed by atoms with Gasteiger partial charge in [0.2, 0.25) is 10.0 Å². The highest BCUT2D eigenvalue weighted by Gasteiger charge is 2.15. The summed E-state index contributed by atoms with van der Waals surface area (Å²) in [7, 11) is -3.55.